The fraction of sp³-hybridized carbons (Fsp3) is 0.800. The third kappa shape index (κ3) is 3.81. The predicted molar refractivity (Wildman–Crippen MR) is 78.4 cm³/mol. The molecule has 0 bridgehead atoms. The highest BCUT2D eigenvalue weighted by atomic mass is 16.5. The van der Waals surface area contributed by atoms with Gasteiger partial charge in [0.15, 0.2) is 5.76 Å². The Balaban J connectivity index is 1.43. The van der Waals surface area contributed by atoms with Gasteiger partial charge in [-0.25, -0.2) is 0 Å². The number of piperidine rings is 1. The second kappa shape index (κ2) is 6.24. The van der Waals surface area contributed by atoms with Crippen LogP contribution in [-0.4, -0.2) is 54.2 Å². The Kier molecular flexibility index (Phi) is 4.38. The van der Waals surface area contributed by atoms with Gasteiger partial charge in [-0.1, -0.05) is 5.16 Å². The molecule has 1 aromatic rings. The molecule has 5 heteroatoms. The van der Waals surface area contributed by atoms with E-state index in [-0.39, 0.29) is 0 Å². The molecule has 5 nitrogen and oxygen atoms in total. The van der Waals surface area contributed by atoms with Crippen LogP contribution >= 0.6 is 0 Å². The summed E-state index contributed by atoms with van der Waals surface area (Å²) in [5, 5.41) is 7.62. The molecule has 1 saturated heterocycles. The summed E-state index contributed by atoms with van der Waals surface area (Å²) < 4.78 is 5.45. The highest BCUT2D eigenvalue weighted by Gasteiger charge is 2.22. The number of hydrogen-bond acceptors (Lipinski definition) is 5. The maximum absolute atomic E-state index is 5.45. The van der Waals surface area contributed by atoms with Gasteiger partial charge in [0.05, 0.1) is 12.2 Å². The average Bonchev–Trinajstić information content (AvgIpc) is 3.17. The van der Waals surface area contributed by atoms with E-state index >= 15 is 0 Å². The topological polar surface area (TPSA) is 44.5 Å². The van der Waals surface area contributed by atoms with Crippen LogP contribution in [0.1, 0.15) is 37.1 Å². The van der Waals surface area contributed by atoms with Crippen LogP contribution in [0.5, 0.6) is 0 Å². The third-order valence-electron chi connectivity index (χ3n) is 4.42. The van der Waals surface area contributed by atoms with Crippen LogP contribution in [0, 0.1) is 0 Å². The second-order valence-corrected chi connectivity index (χ2v) is 6.41. The Morgan fingerprint density at radius 1 is 1.30 bits per heavy atom. The van der Waals surface area contributed by atoms with E-state index < -0.39 is 0 Å². The van der Waals surface area contributed by atoms with E-state index in [0.29, 0.717) is 0 Å². The van der Waals surface area contributed by atoms with Crippen LogP contribution in [-0.2, 0) is 13.1 Å². The van der Waals surface area contributed by atoms with E-state index in [4.69, 9.17) is 4.52 Å². The van der Waals surface area contributed by atoms with Gasteiger partial charge < -0.3 is 14.7 Å². The highest BCUT2D eigenvalue weighted by Crippen LogP contribution is 2.20. The van der Waals surface area contributed by atoms with E-state index in [2.05, 4.69) is 40.4 Å². The van der Waals surface area contributed by atoms with Gasteiger partial charge in [0.25, 0.3) is 0 Å². The number of likely N-dealkylation sites (tertiary alicyclic amines) is 1. The number of nitrogens with one attached hydrogen (secondary N) is 1. The lowest BCUT2D eigenvalue weighted by Gasteiger charge is -2.34. The van der Waals surface area contributed by atoms with Crippen molar-refractivity contribution in [3.8, 4) is 0 Å². The maximum atomic E-state index is 5.45. The van der Waals surface area contributed by atoms with E-state index in [1.165, 1.54) is 25.7 Å². The van der Waals surface area contributed by atoms with E-state index in [0.717, 1.165) is 49.7 Å². The van der Waals surface area contributed by atoms with Gasteiger partial charge in [-0.3, -0.25) is 4.90 Å². The van der Waals surface area contributed by atoms with Crippen molar-refractivity contribution in [3.63, 3.8) is 0 Å². The van der Waals surface area contributed by atoms with Crippen molar-refractivity contribution >= 4 is 0 Å². The lowest BCUT2D eigenvalue weighted by atomic mass is 10.0. The second-order valence-electron chi connectivity index (χ2n) is 6.41. The first-order valence-electron chi connectivity index (χ1n) is 7.77. The van der Waals surface area contributed by atoms with Crippen LogP contribution in [0.2, 0.25) is 0 Å². The van der Waals surface area contributed by atoms with E-state index in [9.17, 15) is 0 Å². The van der Waals surface area contributed by atoms with Crippen molar-refractivity contribution in [2.45, 2.75) is 50.9 Å². The van der Waals surface area contributed by atoms with Crippen molar-refractivity contribution < 1.29 is 4.52 Å². The Morgan fingerprint density at radius 2 is 2.05 bits per heavy atom. The Morgan fingerprint density at radius 3 is 2.70 bits per heavy atom. The summed E-state index contributed by atoms with van der Waals surface area (Å²) in [6.07, 6.45) is 5.12. The summed E-state index contributed by atoms with van der Waals surface area (Å²) >= 11 is 0. The van der Waals surface area contributed by atoms with E-state index in [1.807, 2.05) is 0 Å². The molecule has 2 fully saturated rings. The molecule has 20 heavy (non-hydrogen) atoms. The lowest BCUT2D eigenvalue weighted by molar-refractivity contribution is 0.131. The summed E-state index contributed by atoms with van der Waals surface area (Å²) in [5.74, 6) is 1.00. The Labute approximate surface area is 121 Å². The van der Waals surface area contributed by atoms with E-state index in [1.54, 1.807) is 0 Å². The molecule has 3 rings (SSSR count). The van der Waals surface area contributed by atoms with Crippen LogP contribution in [0.25, 0.3) is 0 Å². The smallest absolute Gasteiger partial charge is 0.151 e. The summed E-state index contributed by atoms with van der Waals surface area (Å²) in [5.41, 5.74) is 1.04. The van der Waals surface area contributed by atoms with Gasteiger partial charge in [-0.05, 0) is 39.8 Å². The molecule has 1 aliphatic carbocycles. The third-order valence-corrected chi connectivity index (χ3v) is 4.42. The van der Waals surface area contributed by atoms with Crippen LogP contribution in [0.3, 0.4) is 0 Å². The highest BCUT2D eigenvalue weighted by molar-refractivity contribution is 5.06. The van der Waals surface area contributed by atoms with Crippen molar-refractivity contribution in [2.75, 3.05) is 27.2 Å². The molecule has 0 spiro atoms. The predicted octanol–water partition coefficient (Wildman–Crippen LogP) is 1.45. The van der Waals surface area contributed by atoms with Crippen LogP contribution in [0.4, 0.5) is 0 Å². The molecule has 0 amide bonds. The summed E-state index contributed by atoms with van der Waals surface area (Å²) in [4.78, 5) is 4.81. The fourth-order valence-electron chi connectivity index (χ4n) is 2.86. The molecule has 2 heterocycles. The largest absolute Gasteiger partial charge is 0.360 e. The Hall–Kier alpha value is -0.910. The summed E-state index contributed by atoms with van der Waals surface area (Å²) in [6.45, 7) is 4.05. The molecular weight excluding hydrogens is 252 g/mol. The van der Waals surface area contributed by atoms with Gasteiger partial charge >= 0.3 is 0 Å². The monoisotopic (exact) mass is 278 g/mol. The quantitative estimate of drug-likeness (QED) is 0.853. The fourth-order valence-corrected chi connectivity index (χ4v) is 2.86. The molecule has 0 aromatic carbocycles. The first-order valence-corrected chi connectivity index (χ1v) is 7.77. The molecule has 1 aromatic heterocycles. The number of hydrogen-bond donors (Lipinski definition) is 1. The lowest BCUT2D eigenvalue weighted by Crippen LogP contribution is -2.41. The zero-order chi connectivity index (χ0) is 13.9. The standard InChI is InChI=1S/C15H26N4O/c1-18(2)14-5-7-19(8-6-14)11-15-9-13(17-20-15)10-16-12-3-4-12/h9,12,14,16H,3-8,10-11H2,1-2H3. The molecule has 0 unspecified atom stereocenters. The molecule has 2 aliphatic rings. The normalized spacial score (nSPS) is 21.8. The zero-order valence-corrected chi connectivity index (χ0v) is 12.6. The van der Waals surface area contributed by atoms with Crippen molar-refractivity contribution in [2.24, 2.45) is 0 Å². The minimum atomic E-state index is 0.722. The minimum Gasteiger partial charge on any atom is -0.360 e. The summed E-state index contributed by atoms with van der Waals surface area (Å²) in [7, 11) is 4.35. The average molecular weight is 278 g/mol. The minimum absolute atomic E-state index is 0.722. The summed E-state index contributed by atoms with van der Waals surface area (Å²) in [6, 6.07) is 3.56. The first-order chi connectivity index (χ1) is 9.70. The molecule has 0 radical (unpaired) electrons. The number of rotatable bonds is 6. The molecule has 1 saturated carbocycles. The molecule has 0 atom stereocenters. The number of nitrogens with zero attached hydrogens (tertiary/aromatic N) is 3. The number of aromatic nitrogens is 1. The van der Waals surface area contributed by atoms with Crippen LogP contribution in [0.15, 0.2) is 10.6 Å². The van der Waals surface area contributed by atoms with Crippen molar-refractivity contribution in [1.82, 2.24) is 20.3 Å². The molecular formula is C15H26N4O. The molecule has 1 aliphatic heterocycles. The zero-order valence-electron chi connectivity index (χ0n) is 12.6. The maximum Gasteiger partial charge on any atom is 0.151 e. The van der Waals surface area contributed by atoms with Gasteiger partial charge in [0.1, 0.15) is 0 Å². The van der Waals surface area contributed by atoms with Crippen molar-refractivity contribution in [3.05, 3.63) is 17.5 Å². The first kappa shape index (κ1) is 14.0. The van der Waals surface area contributed by atoms with Gasteiger partial charge in [0.2, 0.25) is 0 Å². The van der Waals surface area contributed by atoms with Gasteiger partial charge in [-0.2, -0.15) is 0 Å². The van der Waals surface area contributed by atoms with Crippen molar-refractivity contribution in [1.29, 1.82) is 0 Å². The SMILES string of the molecule is CN(C)C1CCN(Cc2cc(CNC3CC3)no2)CC1. The van der Waals surface area contributed by atoms with Gasteiger partial charge in [0, 0.05) is 37.8 Å². The van der Waals surface area contributed by atoms with Gasteiger partial charge in [-0.15, -0.1) is 0 Å². The Bertz CT molecular complexity index is 419. The molecule has 1 N–H and O–H groups in total. The molecule has 112 valence electrons. The van der Waals surface area contributed by atoms with Crippen LogP contribution < -0.4 is 5.32 Å².